The summed E-state index contributed by atoms with van der Waals surface area (Å²) in [6.07, 6.45) is 0.810. The highest BCUT2D eigenvalue weighted by Crippen LogP contribution is 2.32. The molecule has 1 N–H and O–H groups in total. The number of nitrogens with one attached hydrogen (secondary N) is 1. The SMILES string of the molecule is CC(=O)C1Cc2cc3c(cc2N1)cc(C)n3C. The molecule has 0 spiro atoms. The summed E-state index contributed by atoms with van der Waals surface area (Å²) in [5, 5.41) is 4.53. The first-order valence-corrected chi connectivity index (χ1v) is 5.92. The van der Waals surface area contributed by atoms with Crippen LogP contribution in [0.3, 0.4) is 0 Å². The Morgan fingerprint density at radius 2 is 2.18 bits per heavy atom. The van der Waals surface area contributed by atoms with Gasteiger partial charge >= 0.3 is 0 Å². The molecule has 1 aliphatic rings. The minimum atomic E-state index is -0.0390. The fourth-order valence-corrected chi connectivity index (χ4v) is 2.57. The monoisotopic (exact) mass is 228 g/mol. The van der Waals surface area contributed by atoms with Crippen LogP contribution in [0, 0.1) is 6.92 Å². The highest BCUT2D eigenvalue weighted by Gasteiger charge is 2.24. The maximum absolute atomic E-state index is 11.4. The van der Waals surface area contributed by atoms with E-state index in [1.165, 1.54) is 22.2 Å². The van der Waals surface area contributed by atoms with Gasteiger partial charge in [0.1, 0.15) is 0 Å². The molecule has 3 rings (SSSR count). The number of anilines is 1. The minimum Gasteiger partial charge on any atom is -0.375 e. The van der Waals surface area contributed by atoms with Crippen molar-refractivity contribution in [1.29, 1.82) is 0 Å². The zero-order valence-corrected chi connectivity index (χ0v) is 10.4. The van der Waals surface area contributed by atoms with Crippen molar-refractivity contribution in [3.8, 4) is 0 Å². The number of carbonyl (C=O) groups excluding carboxylic acids is 1. The van der Waals surface area contributed by atoms with Crippen molar-refractivity contribution in [2.45, 2.75) is 26.3 Å². The molecule has 1 aromatic carbocycles. The summed E-state index contributed by atoms with van der Waals surface area (Å²) in [6.45, 7) is 3.75. The number of carbonyl (C=O) groups is 1. The van der Waals surface area contributed by atoms with Gasteiger partial charge in [-0.05, 0) is 37.6 Å². The number of nitrogens with zero attached hydrogens (tertiary/aromatic N) is 1. The van der Waals surface area contributed by atoms with Crippen LogP contribution in [0.5, 0.6) is 0 Å². The molecule has 0 bridgehead atoms. The fourth-order valence-electron chi connectivity index (χ4n) is 2.57. The molecule has 1 atom stereocenters. The van der Waals surface area contributed by atoms with Gasteiger partial charge in [0.15, 0.2) is 5.78 Å². The second kappa shape index (κ2) is 3.36. The molecule has 0 saturated heterocycles. The molecule has 0 fully saturated rings. The molecular formula is C14H16N2O. The van der Waals surface area contributed by atoms with Crippen LogP contribution in [0.4, 0.5) is 5.69 Å². The molecule has 0 aliphatic carbocycles. The van der Waals surface area contributed by atoms with E-state index in [0.29, 0.717) is 0 Å². The molecule has 0 radical (unpaired) electrons. The van der Waals surface area contributed by atoms with Crippen LogP contribution in [0.2, 0.25) is 0 Å². The van der Waals surface area contributed by atoms with Crippen LogP contribution >= 0.6 is 0 Å². The van der Waals surface area contributed by atoms with E-state index in [9.17, 15) is 4.79 Å². The average Bonchev–Trinajstić information content (AvgIpc) is 2.79. The van der Waals surface area contributed by atoms with Crippen molar-refractivity contribution in [2.75, 3.05) is 5.32 Å². The van der Waals surface area contributed by atoms with E-state index < -0.39 is 0 Å². The number of benzene rings is 1. The quantitative estimate of drug-likeness (QED) is 0.813. The third kappa shape index (κ3) is 1.46. The van der Waals surface area contributed by atoms with E-state index in [4.69, 9.17) is 0 Å². The van der Waals surface area contributed by atoms with E-state index in [0.717, 1.165) is 12.1 Å². The van der Waals surface area contributed by atoms with Crippen molar-refractivity contribution < 1.29 is 4.79 Å². The second-order valence-corrected chi connectivity index (χ2v) is 4.92. The summed E-state index contributed by atoms with van der Waals surface area (Å²) in [7, 11) is 2.08. The molecule has 0 amide bonds. The van der Waals surface area contributed by atoms with Gasteiger partial charge in [-0.3, -0.25) is 4.79 Å². The zero-order valence-electron chi connectivity index (χ0n) is 10.4. The molecule has 17 heavy (non-hydrogen) atoms. The molecule has 1 aromatic heterocycles. The first-order valence-electron chi connectivity index (χ1n) is 5.92. The number of hydrogen-bond donors (Lipinski definition) is 1. The molecule has 3 heteroatoms. The number of hydrogen-bond acceptors (Lipinski definition) is 2. The van der Waals surface area contributed by atoms with Gasteiger partial charge in [0.05, 0.1) is 6.04 Å². The van der Waals surface area contributed by atoms with Crippen molar-refractivity contribution in [2.24, 2.45) is 7.05 Å². The Hall–Kier alpha value is -1.77. The van der Waals surface area contributed by atoms with Gasteiger partial charge in [-0.15, -0.1) is 0 Å². The van der Waals surface area contributed by atoms with Crippen LogP contribution in [0.1, 0.15) is 18.2 Å². The van der Waals surface area contributed by atoms with Crippen LogP contribution in [-0.4, -0.2) is 16.4 Å². The lowest BCUT2D eigenvalue weighted by molar-refractivity contribution is -0.117. The van der Waals surface area contributed by atoms with Crippen LogP contribution in [-0.2, 0) is 18.3 Å². The normalized spacial score (nSPS) is 18.2. The van der Waals surface area contributed by atoms with E-state index in [2.05, 4.69) is 42.1 Å². The Labute approximate surface area is 100 Å². The summed E-state index contributed by atoms with van der Waals surface area (Å²) >= 11 is 0. The van der Waals surface area contributed by atoms with E-state index in [-0.39, 0.29) is 11.8 Å². The summed E-state index contributed by atoms with van der Waals surface area (Å²) < 4.78 is 2.19. The third-order valence-corrected chi connectivity index (χ3v) is 3.75. The molecule has 3 nitrogen and oxygen atoms in total. The summed E-state index contributed by atoms with van der Waals surface area (Å²) in [6, 6.07) is 6.50. The Morgan fingerprint density at radius 3 is 2.88 bits per heavy atom. The number of Topliss-reactive ketones (excluding diaryl/α,β-unsaturated/α-hetero) is 1. The Kier molecular flexibility index (Phi) is 2.05. The smallest absolute Gasteiger partial charge is 0.152 e. The Bertz CT molecular complexity index is 625. The lowest BCUT2D eigenvalue weighted by atomic mass is 10.1. The Morgan fingerprint density at radius 1 is 1.41 bits per heavy atom. The van der Waals surface area contributed by atoms with Crippen molar-refractivity contribution in [3.05, 3.63) is 29.5 Å². The molecule has 2 aromatic rings. The van der Waals surface area contributed by atoms with Crippen LogP contribution in [0.15, 0.2) is 18.2 Å². The van der Waals surface area contributed by atoms with E-state index in [1.807, 2.05) is 0 Å². The van der Waals surface area contributed by atoms with Gasteiger partial charge in [-0.2, -0.15) is 0 Å². The molecular weight excluding hydrogens is 212 g/mol. The molecule has 1 unspecified atom stereocenters. The molecule has 1 aliphatic heterocycles. The predicted molar refractivity (Wildman–Crippen MR) is 69.5 cm³/mol. The number of rotatable bonds is 1. The van der Waals surface area contributed by atoms with E-state index in [1.54, 1.807) is 6.92 Å². The van der Waals surface area contributed by atoms with Crippen molar-refractivity contribution >= 4 is 22.4 Å². The fraction of sp³-hybridized carbons (Fsp3) is 0.357. The van der Waals surface area contributed by atoms with Gasteiger partial charge in [0.25, 0.3) is 0 Å². The molecule has 2 heterocycles. The van der Waals surface area contributed by atoms with Crippen LogP contribution < -0.4 is 5.32 Å². The minimum absolute atomic E-state index is 0.0390. The van der Waals surface area contributed by atoms with Gasteiger partial charge in [-0.25, -0.2) is 0 Å². The maximum Gasteiger partial charge on any atom is 0.152 e. The second-order valence-electron chi connectivity index (χ2n) is 4.92. The maximum atomic E-state index is 11.4. The Balaban J connectivity index is 2.14. The number of ketones is 1. The average molecular weight is 228 g/mol. The number of aromatic nitrogens is 1. The predicted octanol–water partition coefficient (Wildman–Crippen LogP) is 2.41. The van der Waals surface area contributed by atoms with Gasteiger partial charge in [-0.1, -0.05) is 0 Å². The third-order valence-electron chi connectivity index (χ3n) is 3.75. The molecule has 0 saturated carbocycles. The summed E-state index contributed by atoms with van der Waals surface area (Å²) in [4.78, 5) is 11.4. The highest BCUT2D eigenvalue weighted by atomic mass is 16.1. The largest absolute Gasteiger partial charge is 0.375 e. The zero-order chi connectivity index (χ0) is 12.2. The summed E-state index contributed by atoms with van der Waals surface area (Å²) in [5.41, 5.74) is 4.86. The number of fused-ring (bicyclic) bond motifs is 2. The molecule has 88 valence electrons. The number of aryl methyl sites for hydroxylation is 2. The van der Waals surface area contributed by atoms with Crippen molar-refractivity contribution in [1.82, 2.24) is 4.57 Å². The summed E-state index contributed by atoms with van der Waals surface area (Å²) in [5.74, 6) is 0.210. The standard InChI is InChI=1S/C14H16N2O/c1-8-4-11-6-13-10(7-14(11)16(8)3)5-12(15-13)9(2)17/h4,6-7,12,15H,5H2,1-3H3. The first kappa shape index (κ1) is 10.4. The lowest BCUT2D eigenvalue weighted by Gasteiger charge is -2.05. The van der Waals surface area contributed by atoms with E-state index >= 15 is 0 Å². The van der Waals surface area contributed by atoms with Crippen molar-refractivity contribution in [3.63, 3.8) is 0 Å². The lowest BCUT2D eigenvalue weighted by Crippen LogP contribution is -2.23. The van der Waals surface area contributed by atoms with Gasteiger partial charge in [0, 0.05) is 35.8 Å². The van der Waals surface area contributed by atoms with Gasteiger partial charge < -0.3 is 9.88 Å². The first-order chi connectivity index (χ1) is 8.06. The highest BCUT2D eigenvalue weighted by molar-refractivity contribution is 5.92. The van der Waals surface area contributed by atoms with Crippen LogP contribution in [0.25, 0.3) is 10.9 Å². The topological polar surface area (TPSA) is 34.0 Å². The van der Waals surface area contributed by atoms with Gasteiger partial charge in [0.2, 0.25) is 0 Å².